The first-order chi connectivity index (χ1) is 10.4. The fraction of sp³-hybridized carbons (Fsp3) is 0.412. The number of nitrogens with two attached hydrogens (primary N) is 1. The monoisotopic (exact) mass is 299 g/mol. The number of nitrogens with zero attached hydrogens (tertiary/aromatic N) is 2. The molecule has 0 amide bonds. The molecule has 116 valence electrons. The van der Waals surface area contributed by atoms with E-state index in [0.717, 1.165) is 24.1 Å². The summed E-state index contributed by atoms with van der Waals surface area (Å²) in [6, 6.07) is 9.67. The number of benzene rings is 1. The van der Waals surface area contributed by atoms with Crippen molar-refractivity contribution >= 4 is 11.8 Å². The minimum absolute atomic E-state index is 0.303. The SMILES string of the molecule is CC(C)(C)OC(=O)n1nc(-c2ccccc2)c(N)c1C1CC1. The molecule has 1 fully saturated rings. The van der Waals surface area contributed by atoms with Gasteiger partial charge >= 0.3 is 6.09 Å². The Hall–Kier alpha value is -2.30. The predicted molar refractivity (Wildman–Crippen MR) is 85.7 cm³/mol. The average Bonchev–Trinajstić information content (AvgIpc) is 3.21. The molecule has 5 heteroatoms. The maximum atomic E-state index is 12.4. The Bertz CT molecular complexity index is 695. The van der Waals surface area contributed by atoms with Crippen molar-refractivity contribution in [3.8, 4) is 11.3 Å². The Labute approximate surface area is 130 Å². The van der Waals surface area contributed by atoms with Crippen molar-refractivity contribution in [1.82, 2.24) is 9.78 Å². The summed E-state index contributed by atoms with van der Waals surface area (Å²) in [5.41, 5.74) is 8.65. The van der Waals surface area contributed by atoms with Crippen molar-refractivity contribution in [1.29, 1.82) is 0 Å². The third kappa shape index (κ3) is 2.84. The minimum Gasteiger partial charge on any atom is -0.442 e. The van der Waals surface area contributed by atoms with E-state index in [0.29, 0.717) is 17.3 Å². The molecule has 0 aliphatic heterocycles. The molecular weight excluding hydrogens is 278 g/mol. The molecule has 0 spiro atoms. The van der Waals surface area contributed by atoms with E-state index in [-0.39, 0.29) is 0 Å². The van der Waals surface area contributed by atoms with Crippen LogP contribution in [0.5, 0.6) is 0 Å². The molecule has 0 bridgehead atoms. The molecule has 1 aromatic heterocycles. The number of hydrogen-bond acceptors (Lipinski definition) is 4. The molecule has 2 aromatic rings. The van der Waals surface area contributed by atoms with Gasteiger partial charge < -0.3 is 10.5 Å². The van der Waals surface area contributed by atoms with Crippen LogP contribution < -0.4 is 5.73 Å². The number of carbonyl (C=O) groups excluding carboxylic acids is 1. The summed E-state index contributed by atoms with van der Waals surface area (Å²) in [6.45, 7) is 5.52. The number of anilines is 1. The van der Waals surface area contributed by atoms with Crippen molar-refractivity contribution in [2.24, 2.45) is 0 Å². The van der Waals surface area contributed by atoms with Crippen LogP contribution in [-0.2, 0) is 4.74 Å². The van der Waals surface area contributed by atoms with Crippen LogP contribution in [0.4, 0.5) is 10.5 Å². The highest BCUT2D eigenvalue weighted by molar-refractivity contribution is 5.81. The summed E-state index contributed by atoms with van der Waals surface area (Å²) < 4.78 is 6.80. The number of rotatable bonds is 2. The van der Waals surface area contributed by atoms with Gasteiger partial charge in [0.15, 0.2) is 0 Å². The lowest BCUT2D eigenvalue weighted by atomic mass is 10.1. The molecule has 1 saturated carbocycles. The molecule has 1 aliphatic carbocycles. The highest BCUT2D eigenvalue weighted by atomic mass is 16.6. The molecular formula is C17H21N3O2. The van der Waals surface area contributed by atoms with Gasteiger partial charge in [0.25, 0.3) is 0 Å². The Morgan fingerprint density at radius 3 is 2.45 bits per heavy atom. The minimum atomic E-state index is -0.564. The van der Waals surface area contributed by atoms with Crippen LogP contribution in [-0.4, -0.2) is 21.5 Å². The van der Waals surface area contributed by atoms with E-state index < -0.39 is 11.7 Å². The van der Waals surface area contributed by atoms with Crippen molar-refractivity contribution in [2.45, 2.75) is 45.1 Å². The van der Waals surface area contributed by atoms with E-state index >= 15 is 0 Å². The molecule has 0 radical (unpaired) electrons. The summed E-state index contributed by atoms with van der Waals surface area (Å²) in [6.07, 6.45) is 1.60. The highest BCUT2D eigenvalue weighted by Crippen LogP contribution is 2.45. The third-order valence-corrected chi connectivity index (χ3v) is 3.54. The molecule has 0 saturated heterocycles. The lowest BCUT2D eigenvalue weighted by Gasteiger charge is -2.19. The zero-order valence-electron chi connectivity index (χ0n) is 13.2. The van der Waals surface area contributed by atoms with E-state index in [1.807, 2.05) is 51.1 Å². The lowest BCUT2D eigenvalue weighted by molar-refractivity contribution is 0.0510. The summed E-state index contributed by atoms with van der Waals surface area (Å²) in [7, 11) is 0. The van der Waals surface area contributed by atoms with Gasteiger partial charge in [0, 0.05) is 11.5 Å². The van der Waals surface area contributed by atoms with Gasteiger partial charge in [-0.15, -0.1) is 0 Å². The molecule has 0 atom stereocenters. The van der Waals surface area contributed by atoms with Crippen LogP contribution in [0.2, 0.25) is 0 Å². The predicted octanol–water partition coefficient (Wildman–Crippen LogP) is 3.79. The van der Waals surface area contributed by atoms with Crippen LogP contribution >= 0.6 is 0 Å². The number of carbonyl (C=O) groups is 1. The van der Waals surface area contributed by atoms with E-state index in [4.69, 9.17) is 10.5 Å². The smallest absolute Gasteiger partial charge is 0.435 e. The molecule has 3 rings (SSSR count). The van der Waals surface area contributed by atoms with Crippen LogP contribution in [0.1, 0.15) is 45.2 Å². The Kier molecular flexibility index (Phi) is 3.43. The maximum absolute atomic E-state index is 12.4. The van der Waals surface area contributed by atoms with Crippen molar-refractivity contribution in [3.05, 3.63) is 36.0 Å². The van der Waals surface area contributed by atoms with Crippen molar-refractivity contribution in [2.75, 3.05) is 5.73 Å². The summed E-state index contributed by atoms with van der Waals surface area (Å²) in [5, 5.41) is 4.44. The topological polar surface area (TPSA) is 70.1 Å². The first-order valence-corrected chi connectivity index (χ1v) is 7.54. The highest BCUT2D eigenvalue weighted by Gasteiger charge is 2.35. The van der Waals surface area contributed by atoms with Crippen LogP contribution in [0, 0.1) is 0 Å². The summed E-state index contributed by atoms with van der Waals surface area (Å²) in [4.78, 5) is 12.4. The van der Waals surface area contributed by atoms with E-state index in [1.54, 1.807) is 0 Å². The largest absolute Gasteiger partial charge is 0.442 e. The van der Waals surface area contributed by atoms with Crippen LogP contribution in [0.15, 0.2) is 30.3 Å². The van der Waals surface area contributed by atoms with Gasteiger partial charge in [-0.2, -0.15) is 9.78 Å². The Morgan fingerprint density at radius 1 is 1.27 bits per heavy atom. The van der Waals surface area contributed by atoms with Gasteiger partial charge in [-0.3, -0.25) is 0 Å². The molecule has 5 nitrogen and oxygen atoms in total. The maximum Gasteiger partial charge on any atom is 0.435 e. The number of hydrogen-bond donors (Lipinski definition) is 1. The first kappa shape index (κ1) is 14.6. The number of aromatic nitrogens is 2. The number of nitrogen functional groups attached to an aromatic ring is 1. The molecule has 22 heavy (non-hydrogen) atoms. The van der Waals surface area contributed by atoms with Gasteiger partial charge in [-0.1, -0.05) is 30.3 Å². The second kappa shape index (κ2) is 5.16. The molecule has 2 N–H and O–H groups in total. The molecule has 1 heterocycles. The Morgan fingerprint density at radius 2 is 1.91 bits per heavy atom. The fourth-order valence-corrected chi connectivity index (χ4v) is 2.45. The van der Waals surface area contributed by atoms with Gasteiger partial charge in [-0.25, -0.2) is 4.79 Å². The van der Waals surface area contributed by atoms with Crippen LogP contribution in [0.3, 0.4) is 0 Å². The fourth-order valence-electron chi connectivity index (χ4n) is 2.45. The zero-order valence-corrected chi connectivity index (χ0v) is 13.2. The second-order valence-corrected chi connectivity index (χ2v) is 6.68. The number of ether oxygens (including phenoxy) is 1. The lowest BCUT2D eigenvalue weighted by Crippen LogP contribution is -2.28. The molecule has 1 aromatic carbocycles. The summed E-state index contributed by atoms with van der Waals surface area (Å²) >= 11 is 0. The summed E-state index contributed by atoms with van der Waals surface area (Å²) in [5.74, 6) is 0.303. The standard InChI is InChI=1S/C17H21N3O2/c1-17(2,3)22-16(21)20-15(12-9-10-12)13(18)14(19-20)11-7-5-4-6-8-11/h4-8,12H,9-10,18H2,1-3H3. The molecule has 0 unspecified atom stereocenters. The quantitative estimate of drug-likeness (QED) is 0.915. The average molecular weight is 299 g/mol. The van der Waals surface area contributed by atoms with E-state index in [9.17, 15) is 4.79 Å². The van der Waals surface area contributed by atoms with Gasteiger partial charge in [0.05, 0.1) is 11.4 Å². The molecule has 1 aliphatic rings. The van der Waals surface area contributed by atoms with E-state index in [1.165, 1.54) is 4.68 Å². The van der Waals surface area contributed by atoms with Crippen LogP contribution in [0.25, 0.3) is 11.3 Å². The van der Waals surface area contributed by atoms with E-state index in [2.05, 4.69) is 5.10 Å². The van der Waals surface area contributed by atoms with Crippen molar-refractivity contribution < 1.29 is 9.53 Å². The Balaban J connectivity index is 2.05. The van der Waals surface area contributed by atoms with Gasteiger partial charge in [-0.05, 0) is 33.6 Å². The van der Waals surface area contributed by atoms with Gasteiger partial charge in [0.1, 0.15) is 11.3 Å². The first-order valence-electron chi connectivity index (χ1n) is 7.54. The zero-order chi connectivity index (χ0) is 15.9. The van der Waals surface area contributed by atoms with Crippen molar-refractivity contribution in [3.63, 3.8) is 0 Å². The third-order valence-electron chi connectivity index (χ3n) is 3.54. The normalized spacial score (nSPS) is 14.9. The second-order valence-electron chi connectivity index (χ2n) is 6.68. The van der Waals surface area contributed by atoms with Gasteiger partial charge in [0.2, 0.25) is 0 Å².